The van der Waals surface area contributed by atoms with Gasteiger partial charge in [-0.25, -0.2) is 14.1 Å². The molecule has 1 N–H and O–H groups in total. The standard InChI is InChI=1S/C21H20ClFN6O/c1-28(2)10-9-24-21(30)20-26-18-12-25-19(14-5-3-4-6-16(14)23)15-11-13(22)7-8-17(15)29(18)27-20/h3-8,11H,9-10,12H2,1-2H3,(H,24,30). The van der Waals surface area contributed by atoms with Crippen LogP contribution in [0.5, 0.6) is 0 Å². The van der Waals surface area contributed by atoms with E-state index in [1.807, 2.05) is 19.0 Å². The Morgan fingerprint density at radius 3 is 2.80 bits per heavy atom. The minimum Gasteiger partial charge on any atom is -0.348 e. The van der Waals surface area contributed by atoms with Gasteiger partial charge in [-0.15, -0.1) is 5.10 Å². The number of aliphatic imine (C=N–C) groups is 1. The van der Waals surface area contributed by atoms with Gasteiger partial charge >= 0.3 is 0 Å². The van der Waals surface area contributed by atoms with Gasteiger partial charge in [-0.2, -0.15) is 0 Å². The maximum absolute atomic E-state index is 14.5. The van der Waals surface area contributed by atoms with Crippen molar-refractivity contribution in [2.75, 3.05) is 27.2 Å². The number of halogens is 2. The Hall–Kier alpha value is -3.10. The Balaban J connectivity index is 1.74. The summed E-state index contributed by atoms with van der Waals surface area (Å²) in [7, 11) is 3.85. The van der Waals surface area contributed by atoms with Crippen LogP contribution in [0.15, 0.2) is 47.5 Å². The lowest BCUT2D eigenvalue weighted by Crippen LogP contribution is -2.32. The van der Waals surface area contributed by atoms with E-state index in [2.05, 4.69) is 20.4 Å². The van der Waals surface area contributed by atoms with Crippen molar-refractivity contribution in [3.05, 3.63) is 76.1 Å². The molecule has 0 fully saturated rings. The Morgan fingerprint density at radius 1 is 1.23 bits per heavy atom. The molecule has 154 valence electrons. The van der Waals surface area contributed by atoms with Gasteiger partial charge in [0, 0.05) is 29.2 Å². The number of nitrogens with zero attached hydrogens (tertiary/aromatic N) is 5. The predicted molar refractivity (Wildman–Crippen MR) is 113 cm³/mol. The van der Waals surface area contributed by atoms with Crippen molar-refractivity contribution in [1.29, 1.82) is 0 Å². The molecule has 0 saturated carbocycles. The van der Waals surface area contributed by atoms with Gasteiger partial charge in [0.1, 0.15) is 5.82 Å². The molecule has 0 aliphatic carbocycles. The minimum absolute atomic E-state index is 0.0641. The zero-order valence-electron chi connectivity index (χ0n) is 16.6. The monoisotopic (exact) mass is 426 g/mol. The first-order valence-corrected chi connectivity index (χ1v) is 9.80. The van der Waals surface area contributed by atoms with Crippen molar-refractivity contribution in [3.8, 4) is 5.69 Å². The molecule has 1 aliphatic rings. The van der Waals surface area contributed by atoms with Crippen LogP contribution in [-0.2, 0) is 6.54 Å². The van der Waals surface area contributed by atoms with Crippen molar-refractivity contribution < 1.29 is 9.18 Å². The number of hydrogen-bond acceptors (Lipinski definition) is 5. The Morgan fingerprint density at radius 2 is 2.03 bits per heavy atom. The average Bonchev–Trinajstić information content (AvgIpc) is 3.07. The minimum atomic E-state index is -0.379. The van der Waals surface area contributed by atoms with Gasteiger partial charge in [0.05, 0.1) is 17.9 Å². The molecule has 9 heteroatoms. The second kappa shape index (κ2) is 8.33. The molecule has 0 radical (unpaired) electrons. The number of aromatic nitrogens is 3. The van der Waals surface area contributed by atoms with Gasteiger partial charge < -0.3 is 10.2 Å². The Labute approximate surface area is 178 Å². The smallest absolute Gasteiger partial charge is 0.291 e. The zero-order chi connectivity index (χ0) is 21.3. The lowest BCUT2D eigenvalue weighted by atomic mass is 10.00. The molecule has 3 aromatic rings. The van der Waals surface area contributed by atoms with Gasteiger partial charge in [0.2, 0.25) is 5.82 Å². The third-order valence-electron chi connectivity index (χ3n) is 4.67. The van der Waals surface area contributed by atoms with Crippen molar-refractivity contribution in [1.82, 2.24) is 25.0 Å². The summed E-state index contributed by atoms with van der Waals surface area (Å²) in [6.07, 6.45) is 0. The number of fused-ring (bicyclic) bond motifs is 3. The Bertz CT molecular complexity index is 1140. The van der Waals surface area contributed by atoms with Crippen molar-refractivity contribution >= 4 is 23.2 Å². The predicted octanol–water partition coefficient (Wildman–Crippen LogP) is 2.70. The summed E-state index contributed by atoms with van der Waals surface area (Å²) in [5.41, 5.74) is 2.09. The van der Waals surface area contributed by atoms with Gasteiger partial charge in [0.25, 0.3) is 5.91 Å². The maximum atomic E-state index is 14.5. The van der Waals surface area contributed by atoms with Gasteiger partial charge in [0.15, 0.2) is 5.82 Å². The summed E-state index contributed by atoms with van der Waals surface area (Å²) in [5, 5.41) is 7.69. The van der Waals surface area contributed by atoms with E-state index in [4.69, 9.17) is 11.6 Å². The third-order valence-corrected chi connectivity index (χ3v) is 4.91. The van der Waals surface area contributed by atoms with Gasteiger partial charge in [-0.1, -0.05) is 23.7 Å². The highest BCUT2D eigenvalue weighted by Gasteiger charge is 2.25. The number of carbonyl (C=O) groups is 1. The van der Waals surface area contributed by atoms with Crippen LogP contribution in [0.3, 0.4) is 0 Å². The number of nitrogens with one attached hydrogen (secondary N) is 1. The molecular weight excluding hydrogens is 407 g/mol. The summed E-state index contributed by atoms with van der Waals surface area (Å²) in [5.74, 6) is -0.182. The fraction of sp³-hybridized carbons (Fsp3) is 0.238. The van der Waals surface area contributed by atoms with Crippen LogP contribution in [0.25, 0.3) is 5.69 Å². The number of benzene rings is 2. The number of likely N-dealkylation sites (N-methyl/N-ethyl adjacent to an activating group) is 1. The van der Waals surface area contributed by atoms with E-state index in [1.54, 1.807) is 41.1 Å². The van der Waals surface area contributed by atoms with Crippen molar-refractivity contribution in [3.63, 3.8) is 0 Å². The number of hydrogen-bond donors (Lipinski definition) is 1. The first-order valence-electron chi connectivity index (χ1n) is 9.42. The van der Waals surface area contributed by atoms with Crippen LogP contribution in [0.2, 0.25) is 5.02 Å². The largest absolute Gasteiger partial charge is 0.348 e. The molecule has 1 amide bonds. The summed E-state index contributed by atoms with van der Waals surface area (Å²) in [4.78, 5) is 23.4. The summed E-state index contributed by atoms with van der Waals surface area (Å²) in [6, 6.07) is 11.6. The zero-order valence-corrected chi connectivity index (χ0v) is 17.3. The Kier molecular flexibility index (Phi) is 5.61. The fourth-order valence-electron chi connectivity index (χ4n) is 3.21. The highest BCUT2D eigenvalue weighted by molar-refractivity contribution is 6.31. The van der Waals surface area contributed by atoms with Crippen LogP contribution in [0.4, 0.5) is 4.39 Å². The van der Waals surface area contributed by atoms with Crippen LogP contribution in [0, 0.1) is 5.82 Å². The molecule has 2 heterocycles. The molecule has 4 rings (SSSR count). The summed E-state index contributed by atoms with van der Waals surface area (Å²) >= 11 is 6.23. The first kappa shape index (κ1) is 20.2. The molecule has 30 heavy (non-hydrogen) atoms. The lowest BCUT2D eigenvalue weighted by molar-refractivity contribution is 0.0940. The summed E-state index contributed by atoms with van der Waals surface area (Å²) < 4.78 is 16.1. The summed E-state index contributed by atoms with van der Waals surface area (Å²) in [6.45, 7) is 1.34. The van der Waals surface area contributed by atoms with Crippen LogP contribution in [-0.4, -0.2) is 58.5 Å². The molecular formula is C21H20ClFN6O. The second-order valence-corrected chi connectivity index (χ2v) is 7.57. The molecule has 0 unspecified atom stereocenters. The molecule has 7 nitrogen and oxygen atoms in total. The normalized spacial score (nSPS) is 12.8. The molecule has 0 spiro atoms. The van der Waals surface area contributed by atoms with Crippen LogP contribution in [0.1, 0.15) is 27.6 Å². The SMILES string of the molecule is CN(C)CCNC(=O)c1nc2n(n1)-c1ccc(Cl)cc1C(c1ccccc1F)=NC2. The first-order chi connectivity index (χ1) is 14.4. The van der Waals surface area contributed by atoms with Crippen molar-refractivity contribution in [2.24, 2.45) is 4.99 Å². The number of rotatable bonds is 5. The van der Waals surface area contributed by atoms with E-state index in [0.29, 0.717) is 46.5 Å². The quantitative estimate of drug-likeness (QED) is 0.680. The highest BCUT2D eigenvalue weighted by atomic mass is 35.5. The molecule has 0 saturated heterocycles. The molecule has 1 aliphatic heterocycles. The van der Waals surface area contributed by atoms with Crippen molar-refractivity contribution in [2.45, 2.75) is 6.54 Å². The molecule has 0 bridgehead atoms. The van der Waals surface area contributed by atoms with E-state index in [9.17, 15) is 9.18 Å². The van der Waals surface area contributed by atoms with E-state index in [-0.39, 0.29) is 24.1 Å². The maximum Gasteiger partial charge on any atom is 0.291 e. The van der Waals surface area contributed by atoms with E-state index in [0.717, 1.165) is 0 Å². The van der Waals surface area contributed by atoms with Gasteiger partial charge in [-0.05, 0) is 44.4 Å². The van der Waals surface area contributed by atoms with E-state index < -0.39 is 0 Å². The van der Waals surface area contributed by atoms with Crippen LogP contribution >= 0.6 is 11.6 Å². The molecule has 1 aromatic heterocycles. The fourth-order valence-corrected chi connectivity index (χ4v) is 3.38. The van der Waals surface area contributed by atoms with Crippen LogP contribution < -0.4 is 5.32 Å². The lowest BCUT2D eigenvalue weighted by Gasteiger charge is -2.12. The average molecular weight is 427 g/mol. The van der Waals surface area contributed by atoms with E-state index in [1.165, 1.54) is 6.07 Å². The topological polar surface area (TPSA) is 75.4 Å². The van der Waals surface area contributed by atoms with Gasteiger partial charge in [-0.3, -0.25) is 9.79 Å². The number of carbonyl (C=O) groups excluding carboxylic acids is 1. The highest BCUT2D eigenvalue weighted by Crippen LogP contribution is 2.27. The second-order valence-electron chi connectivity index (χ2n) is 7.13. The molecule has 0 atom stereocenters. The molecule has 2 aromatic carbocycles. The number of amides is 1. The van der Waals surface area contributed by atoms with E-state index >= 15 is 0 Å². The third kappa shape index (κ3) is 3.96.